The summed E-state index contributed by atoms with van der Waals surface area (Å²) in [5.74, 6) is -2.99. The van der Waals surface area contributed by atoms with Crippen molar-refractivity contribution in [1.29, 1.82) is 0 Å². The zero-order chi connectivity index (χ0) is 27.1. The minimum absolute atomic E-state index is 0.140. The van der Waals surface area contributed by atoms with Gasteiger partial charge in [0, 0.05) is 12.5 Å². The highest BCUT2D eigenvalue weighted by Crippen LogP contribution is 2.63. The van der Waals surface area contributed by atoms with Gasteiger partial charge in [-0.3, -0.25) is 24.1 Å². The summed E-state index contributed by atoms with van der Waals surface area (Å²) < 4.78 is 0. The summed E-state index contributed by atoms with van der Waals surface area (Å²) in [5, 5.41) is 10.5. The molecule has 2 heterocycles. The maximum atomic E-state index is 14.3. The molecule has 3 fully saturated rings. The van der Waals surface area contributed by atoms with Crippen molar-refractivity contribution in [2.75, 3.05) is 11.4 Å². The molecule has 1 N–H and O–H groups in total. The van der Waals surface area contributed by atoms with Crippen LogP contribution in [0.15, 0.2) is 54.1 Å². The van der Waals surface area contributed by atoms with Crippen LogP contribution in [0.3, 0.4) is 0 Å². The molecule has 38 heavy (non-hydrogen) atoms. The Morgan fingerprint density at radius 2 is 1.61 bits per heavy atom. The predicted octanol–water partition coefficient (Wildman–Crippen LogP) is 4.26. The summed E-state index contributed by atoms with van der Waals surface area (Å²) in [4.78, 5) is 57.6. The first-order valence-electron chi connectivity index (χ1n) is 13.4. The molecule has 0 radical (unpaired) electrons. The van der Waals surface area contributed by atoms with Gasteiger partial charge in [0.25, 0.3) is 0 Å². The fourth-order valence-corrected chi connectivity index (χ4v) is 7.75. The summed E-state index contributed by atoms with van der Waals surface area (Å²) in [6, 6.07) is 12.8. The van der Waals surface area contributed by atoms with Crippen LogP contribution >= 0.6 is 0 Å². The molecule has 2 aromatic rings. The number of benzene rings is 2. The molecule has 2 aliphatic heterocycles. The van der Waals surface area contributed by atoms with Gasteiger partial charge in [-0.05, 0) is 75.3 Å². The average molecular weight is 513 g/mol. The highest BCUT2D eigenvalue weighted by molar-refractivity contribution is 6.24. The van der Waals surface area contributed by atoms with Gasteiger partial charge in [0.1, 0.15) is 5.75 Å². The van der Waals surface area contributed by atoms with Crippen molar-refractivity contribution < 1.29 is 24.3 Å². The van der Waals surface area contributed by atoms with Crippen LogP contribution in [0.25, 0.3) is 0 Å². The van der Waals surface area contributed by atoms with E-state index in [1.165, 1.54) is 9.80 Å². The van der Waals surface area contributed by atoms with Crippen molar-refractivity contribution in [3.63, 3.8) is 0 Å². The van der Waals surface area contributed by atoms with E-state index < -0.39 is 29.1 Å². The maximum Gasteiger partial charge on any atom is 0.241 e. The number of hydrogen-bond donors (Lipinski definition) is 1. The highest BCUT2D eigenvalue weighted by atomic mass is 16.3. The smallest absolute Gasteiger partial charge is 0.241 e. The third-order valence-corrected chi connectivity index (χ3v) is 9.54. The number of rotatable bonds is 3. The van der Waals surface area contributed by atoms with Crippen molar-refractivity contribution in [3.05, 3.63) is 70.8 Å². The highest BCUT2D eigenvalue weighted by Gasteiger charge is 2.67. The minimum atomic E-state index is -1.08. The van der Waals surface area contributed by atoms with E-state index in [1.807, 2.05) is 39.0 Å². The molecule has 2 saturated heterocycles. The monoisotopic (exact) mass is 512 g/mol. The fourth-order valence-electron chi connectivity index (χ4n) is 7.75. The Balaban J connectivity index is 1.55. The van der Waals surface area contributed by atoms with Crippen LogP contribution in [0.1, 0.15) is 49.3 Å². The zero-order valence-corrected chi connectivity index (χ0v) is 22.1. The van der Waals surface area contributed by atoms with E-state index in [-0.39, 0.29) is 35.3 Å². The number of amides is 4. The van der Waals surface area contributed by atoms with Crippen LogP contribution in [-0.2, 0) is 19.2 Å². The van der Waals surface area contributed by atoms with Gasteiger partial charge in [-0.25, -0.2) is 4.90 Å². The van der Waals surface area contributed by atoms with Crippen molar-refractivity contribution in [1.82, 2.24) is 4.90 Å². The molecule has 1 saturated carbocycles. The number of aryl methyl sites for hydroxylation is 2. The van der Waals surface area contributed by atoms with E-state index >= 15 is 0 Å². The van der Waals surface area contributed by atoms with Gasteiger partial charge in [0.2, 0.25) is 23.6 Å². The topological polar surface area (TPSA) is 95.0 Å². The number of fused-ring (bicyclic) bond motifs is 4. The minimum Gasteiger partial charge on any atom is -0.507 e. The SMILES string of the molecule is CCN1C(=O)C2CC=C3C(CC4C(=O)N(c5ccccc5)C(=O)C4(C)C3c3cc(C)c(O)c(C)c3)C2C1=O. The first-order chi connectivity index (χ1) is 18.1. The molecule has 6 unspecified atom stereocenters. The molecular formula is C31H32N2O5. The second-order valence-electron chi connectivity index (χ2n) is 11.4. The van der Waals surface area contributed by atoms with Gasteiger partial charge in [-0.1, -0.05) is 42.0 Å². The predicted molar refractivity (Wildman–Crippen MR) is 141 cm³/mol. The lowest BCUT2D eigenvalue weighted by molar-refractivity contribution is -0.140. The molecule has 6 atom stereocenters. The standard InChI is InChI=1S/C31H32N2O5/c1-5-32-27(35)21-12-11-20-22(24(21)29(32)37)15-23-28(36)33(19-9-7-6-8-10-19)30(38)31(23,4)25(20)18-13-16(2)26(34)17(3)14-18/h6-11,13-14,21-25,34H,5,12,15H2,1-4H3. The number of nitrogens with zero attached hydrogens (tertiary/aromatic N) is 2. The number of likely N-dealkylation sites (tertiary alicyclic amines) is 1. The summed E-state index contributed by atoms with van der Waals surface area (Å²) in [5.41, 5.74) is 2.65. The largest absolute Gasteiger partial charge is 0.507 e. The van der Waals surface area contributed by atoms with Gasteiger partial charge < -0.3 is 5.11 Å². The molecule has 0 aromatic heterocycles. The van der Waals surface area contributed by atoms with Gasteiger partial charge in [-0.15, -0.1) is 0 Å². The van der Waals surface area contributed by atoms with Crippen molar-refractivity contribution in [2.45, 2.75) is 46.5 Å². The number of imide groups is 2. The third-order valence-electron chi connectivity index (χ3n) is 9.54. The Bertz CT molecular complexity index is 1410. The molecular weight excluding hydrogens is 480 g/mol. The van der Waals surface area contributed by atoms with Crippen molar-refractivity contribution >= 4 is 29.3 Å². The normalized spacial score (nSPS) is 32.3. The lowest BCUT2D eigenvalue weighted by Crippen LogP contribution is -2.48. The molecule has 2 aromatic carbocycles. The second-order valence-corrected chi connectivity index (χ2v) is 11.4. The maximum absolute atomic E-state index is 14.3. The van der Waals surface area contributed by atoms with Crippen LogP contribution in [0.4, 0.5) is 5.69 Å². The molecule has 4 amide bonds. The van der Waals surface area contributed by atoms with Gasteiger partial charge in [-0.2, -0.15) is 0 Å². The summed E-state index contributed by atoms with van der Waals surface area (Å²) in [7, 11) is 0. The van der Waals surface area contributed by atoms with Gasteiger partial charge in [0.15, 0.2) is 0 Å². The van der Waals surface area contributed by atoms with Crippen LogP contribution in [0, 0.1) is 42.9 Å². The summed E-state index contributed by atoms with van der Waals surface area (Å²) in [6.07, 6.45) is 2.85. The van der Waals surface area contributed by atoms with Crippen LogP contribution in [0.2, 0.25) is 0 Å². The molecule has 2 aliphatic carbocycles. The van der Waals surface area contributed by atoms with E-state index in [2.05, 4.69) is 6.08 Å². The van der Waals surface area contributed by atoms with E-state index in [9.17, 15) is 24.3 Å². The first kappa shape index (κ1) is 24.6. The number of phenols is 1. The Kier molecular flexibility index (Phi) is 5.42. The van der Waals surface area contributed by atoms with Gasteiger partial charge >= 0.3 is 0 Å². The number of phenolic OH excluding ortho intramolecular Hbond substituents is 1. The van der Waals surface area contributed by atoms with Crippen LogP contribution < -0.4 is 4.90 Å². The molecule has 6 rings (SSSR count). The number of carbonyl (C=O) groups is 4. The summed E-state index contributed by atoms with van der Waals surface area (Å²) >= 11 is 0. The van der Waals surface area contributed by atoms with E-state index in [1.54, 1.807) is 31.2 Å². The molecule has 7 heteroatoms. The van der Waals surface area contributed by atoms with E-state index in [4.69, 9.17) is 0 Å². The average Bonchev–Trinajstić information content (AvgIpc) is 3.26. The summed E-state index contributed by atoms with van der Waals surface area (Å²) in [6.45, 7) is 7.67. The molecule has 196 valence electrons. The zero-order valence-electron chi connectivity index (χ0n) is 22.1. The van der Waals surface area contributed by atoms with Crippen LogP contribution in [-0.4, -0.2) is 40.2 Å². The lowest BCUT2D eigenvalue weighted by Gasteiger charge is -2.49. The number of allylic oxidation sites excluding steroid dienone is 2. The van der Waals surface area contributed by atoms with Crippen molar-refractivity contribution in [2.24, 2.45) is 29.1 Å². The number of carbonyl (C=O) groups excluding carboxylic acids is 4. The molecule has 0 spiro atoms. The first-order valence-corrected chi connectivity index (χ1v) is 13.4. The quantitative estimate of drug-likeness (QED) is 0.490. The lowest BCUT2D eigenvalue weighted by atomic mass is 9.51. The Labute approximate surface area is 222 Å². The number of anilines is 1. The Morgan fingerprint density at radius 3 is 2.24 bits per heavy atom. The fraction of sp³-hybridized carbons (Fsp3) is 0.419. The molecule has 0 bridgehead atoms. The number of hydrogen-bond acceptors (Lipinski definition) is 5. The van der Waals surface area contributed by atoms with E-state index in [0.717, 1.165) is 11.1 Å². The molecule has 4 aliphatic rings. The van der Waals surface area contributed by atoms with Crippen molar-refractivity contribution in [3.8, 4) is 5.75 Å². The van der Waals surface area contributed by atoms with Gasteiger partial charge in [0.05, 0.1) is 28.9 Å². The third kappa shape index (κ3) is 3.07. The Hall–Kier alpha value is -3.74. The van der Waals surface area contributed by atoms with Crippen LogP contribution in [0.5, 0.6) is 5.75 Å². The second kappa shape index (κ2) is 8.38. The molecule has 7 nitrogen and oxygen atoms in total. The number of aromatic hydroxyl groups is 1. The Morgan fingerprint density at radius 1 is 0.947 bits per heavy atom. The van der Waals surface area contributed by atoms with E-state index in [0.29, 0.717) is 36.2 Å². The number of para-hydroxylation sites is 1.